The number of carbonyl (C=O) groups is 1. The lowest BCUT2D eigenvalue weighted by Gasteiger charge is -2.18. The van der Waals surface area contributed by atoms with Crippen molar-refractivity contribution in [3.05, 3.63) is 24.3 Å². The Kier molecular flexibility index (Phi) is 5.13. The fourth-order valence-corrected chi connectivity index (χ4v) is 3.54. The minimum atomic E-state index is -4.04. The molecule has 1 atom stereocenters. The minimum absolute atomic E-state index is 0.0138. The molecular weight excluding hydrogens is 318 g/mol. The van der Waals surface area contributed by atoms with Gasteiger partial charge in [0.05, 0.1) is 9.79 Å². The number of aliphatic carboxylic acids is 1. The van der Waals surface area contributed by atoms with Gasteiger partial charge in [-0.15, -0.1) is 0 Å². The Morgan fingerprint density at radius 1 is 1.05 bits per heavy atom. The van der Waals surface area contributed by atoms with Crippen molar-refractivity contribution in [3.63, 3.8) is 0 Å². The molecule has 0 bridgehead atoms. The number of rotatable bonds is 6. The van der Waals surface area contributed by atoms with Gasteiger partial charge in [0, 0.05) is 6.26 Å². The van der Waals surface area contributed by atoms with Crippen LogP contribution in [0.2, 0.25) is 0 Å². The number of carboxylic acids is 1. The van der Waals surface area contributed by atoms with Crippen LogP contribution in [0, 0.1) is 5.92 Å². The first-order chi connectivity index (χ1) is 9.45. The molecule has 1 aromatic rings. The van der Waals surface area contributed by atoms with Gasteiger partial charge in [-0.3, -0.25) is 4.79 Å². The Balaban J connectivity index is 3.11. The van der Waals surface area contributed by atoms with E-state index in [0.29, 0.717) is 0 Å². The zero-order valence-corrected chi connectivity index (χ0v) is 13.4. The molecule has 0 aromatic heterocycles. The molecule has 1 aromatic carbocycles. The molecule has 0 aliphatic heterocycles. The average molecular weight is 335 g/mol. The van der Waals surface area contributed by atoms with Crippen LogP contribution >= 0.6 is 0 Å². The van der Waals surface area contributed by atoms with Gasteiger partial charge in [0.2, 0.25) is 10.0 Å². The van der Waals surface area contributed by atoms with Crippen LogP contribution in [0.25, 0.3) is 0 Å². The van der Waals surface area contributed by atoms with Crippen molar-refractivity contribution in [2.75, 3.05) is 6.26 Å². The first-order valence-corrected chi connectivity index (χ1v) is 9.38. The number of sulfonamides is 1. The van der Waals surface area contributed by atoms with Crippen LogP contribution in [0.1, 0.15) is 13.8 Å². The highest BCUT2D eigenvalue weighted by Gasteiger charge is 2.28. The number of sulfone groups is 1. The Morgan fingerprint density at radius 3 is 1.81 bits per heavy atom. The summed E-state index contributed by atoms with van der Waals surface area (Å²) < 4.78 is 48.9. The fraction of sp³-hybridized carbons (Fsp3) is 0.417. The number of hydrogen-bond donors (Lipinski definition) is 2. The molecule has 1 rings (SSSR count). The molecule has 0 saturated carbocycles. The highest BCUT2D eigenvalue weighted by atomic mass is 32.2. The maximum atomic E-state index is 12.1. The summed E-state index contributed by atoms with van der Waals surface area (Å²) >= 11 is 0. The first-order valence-electron chi connectivity index (χ1n) is 6.00. The number of benzene rings is 1. The van der Waals surface area contributed by atoms with Gasteiger partial charge in [0.25, 0.3) is 0 Å². The van der Waals surface area contributed by atoms with Gasteiger partial charge in [-0.2, -0.15) is 4.72 Å². The average Bonchev–Trinajstić information content (AvgIpc) is 2.34. The van der Waals surface area contributed by atoms with Gasteiger partial charge < -0.3 is 5.11 Å². The Hall–Kier alpha value is -1.45. The highest BCUT2D eigenvalue weighted by Crippen LogP contribution is 2.15. The third kappa shape index (κ3) is 4.51. The monoisotopic (exact) mass is 335 g/mol. The van der Waals surface area contributed by atoms with E-state index in [1.807, 2.05) is 0 Å². The Morgan fingerprint density at radius 2 is 1.48 bits per heavy atom. The summed E-state index contributed by atoms with van der Waals surface area (Å²) in [6.07, 6.45) is 1.01. The summed E-state index contributed by atoms with van der Waals surface area (Å²) in [6.45, 7) is 3.15. The lowest BCUT2D eigenvalue weighted by Crippen LogP contribution is -2.44. The quantitative estimate of drug-likeness (QED) is 0.780. The predicted octanol–water partition coefficient (Wildman–Crippen LogP) is 0.478. The van der Waals surface area contributed by atoms with Crippen molar-refractivity contribution in [2.24, 2.45) is 5.92 Å². The van der Waals surface area contributed by atoms with Gasteiger partial charge >= 0.3 is 5.97 Å². The first kappa shape index (κ1) is 17.6. The van der Waals surface area contributed by atoms with E-state index in [4.69, 9.17) is 5.11 Å². The summed E-state index contributed by atoms with van der Waals surface area (Å²) in [6, 6.07) is 3.31. The summed E-state index contributed by atoms with van der Waals surface area (Å²) in [5, 5.41) is 9.00. The summed E-state index contributed by atoms with van der Waals surface area (Å²) in [7, 11) is -7.46. The van der Waals surface area contributed by atoms with Gasteiger partial charge in [0.15, 0.2) is 9.84 Å². The third-order valence-electron chi connectivity index (χ3n) is 2.78. The van der Waals surface area contributed by atoms with Crippen molar-refractivity contribution in [1.82, 2.24) is 4.72 Å². The Labute approximate surface area is 124 Å². The molecule has 118 valence electrons. The number of nitrogens with one attached hydrogen (secondary N) is 1. The van der Waals surface area contributed by atoms with Crippen LogP contribution in [0.3, 0.4) is 0 Å². The maximum Gasteiger partial charge on any atom is 0.322 e. The van der Waals surface area contributed by atoms with E-state index in [1.165, 1.54) is 0 Å². The normalized spacial score (nSPS) is 14.1. The van der Waals surface area contributed by atoms with E-state index >= 15 is 0 Å². The second kappa shape index (κ2) is 6.12. The SMILES string of the molecule is CC(C)[C@@H](NS(=O)(=O)c1ccc(S(C)(=O)=O)cc1)C(=O)O. The van der Waals surface area contributed by atoms with E-state index in [-0.39, 0.29) is 9.79 Å². The molecule has 0 unspecified atom stereocenters. The van der Waals surface area contributed by atoms with Gasteiger partial charge in [-0.05, 0) is 30.2 Å². The fourth-order valence-electron chi connectivity index (χ4n) is 1.57. The van der Waals surface area contributed by atoms with E-state index < -0.39 is 37.8 Å². The van der Waals surface area contributed by atoms with E-state index in [1.54, 1.807) is 13.8 Å². The van der Waals surface area contributed by atoms with Crippen molar-refractivity contribution >= 4 is 25.8 Å². The molecule has 0 radical (unpaired) electrons. The molecule has 7 nitrogen and oxygen atoms in total. The van der Waals surface area contributed by atoms with Crippen LogP contribution in [0.5, 0.6) is 0 Å². The molecule has 0 amide bonds. The molecule has 21 heavy (non-hydrogen) atoms. The second-order valence-electron chi connectivity index (χ2n) is 4.92. The molecule has 0 aliphatic rings. The van der Waals surface area contributed by atoms with Crippen LogP contribution in [0.15, 0.2) is 34.1 Å². The lowest BCUT2D eigenvalue weighted by atomic mass is 10.1. The molecule has 0 saturated heterocycles. The van der Waals surface area contributed by atoms with Gasteiger partial charge in [-0.1, -0.05) is 13.8 Å². The lowest BCUT2D eigenvalue weighted by molar-refractivity contribution is -0.140. The molecular formula is C12H17NO6S2. The molecule has 2 N–H and O–H groups in total. The van der Waals surface area contributed by atoms with Crippen molar-refractivity contribution < 1.29 is 26.7 Å². The van der Waals surface area contributed by atoms with Gasteiger partial charge in [0.1, 0.15) is 6.04 Å². The van der Waals surface area contributed by atoms with Crippen LogP contribution in [-0.2, 0) is 24.7 Å². The standard InChI is InChI=1S/C12H17NO6S2/c1-8(2)11(12(14)15)13-21(18,19)10-6-4-9(5-7-10)20(3,16)17/h4-8,11,13H,1-3H3,(H,14,15)/t11-/m1/s1. The third-order valence-corrected chi connectivity index (χ3v) is 5.36. The molecule has 0 fully saturated rings. The Bertz CT molecular complexity index is 720. The smallest absolute Gasteiger partial charge is 0.322 e. The number of carboxylic acid groups (broad SMARTS) is 1. The van der Waals surface area contributed by atoms with E-state index in [2.05, 4.69) is 4.72 Å². The van der Waals surface area contributed by atoms with Crippen LogP contribution in [-0.4, -0.2) is 40.2 Å². The largest absolute Gasteiger partial charge is 0.480 e. The summed E-state index contributed by atoms with van der Waals surface area (Å²) in [5.41, 5.74) is 0. The summed E-state index contributed by atoms with van der Waals surface area (Å²) in [4.78, 5) is 10.8. The highest BCUT2D eigenvalue weighted by molar-refractivity contribution is 7.90. The minimum Gasteiger partial charge on any atom is -0.480 e. The van der Waals surface area contributed by atoms with Crippen molar-refractivity contribution in [2.45, 2.75) is 29.7 Å². The van der Waals surface area contributed by atoms with Crippen molar-refractivity contribution in [3.8, 4) is 0 Å². The topological polar surface area (TPSA) is 118 Å². The van der Waals surface area contributed by atoms with Crippen LogP contribution < -0.4 is 4.72 Å². The molecule has 0 spiro atoms. The molecule has 0 heterocycles. The zero-order chi connectivity index (χ0) is 16.4. The van der Waals surface area contributed by atoms with Gasteiger partial charge in [-0.25, -0.2) is 16.8 Å². The molecule has 9 heteroatoms. The predicted molar refractivity (Wildman–Crippen MR) is 76.1 cm³/mol. The van der Waals surface area contributed by atoms with Crippen LogP contribution in [0.4, 0.5) is 0 Å². The van der Waals surface area contributed by atoms with E-state index in [9.17, 15) is 21.6 Å². The second-order valence-corrected chi connectivity index (χ2v) is 8.65. The summed E-state index contributed by atoms with van der Waals surface area (Å²) in [5.74, 6) is -1.71. The van der Waals surface area contributed by atoms with E-state index in [0.717, 1.165) is 30.5 Å². The van der Waals surface area contributed by atoms with Crippen molar-refractivity contribution in [1.29, 1.82) is 0 Å². The maximum absolute atomic E-state index is 12.1. The zero-order valence-electron chi connectivity index (χ0n) is 11.8. The number of hydrogen-bond acceptors (Lipinski definition) is 5. The molecule has 0 aliphatic carbocycles.